The zero-order chi connectivity index (χ0) is 11.2. The van der Waals surface area contributed by atoms with Crippen molar-refractivity contribution in [2.24, 2.45) is 0 Å². The van der Waals surface area contributed by atoms with Gasteiger partial charge in [-0.1, -0.05) is 0 Å². The van der Waals surface area contributed by atoms with Crippen LogP contribution in [0.25, 0.3) is 0 Å². The summed E-state index contributed by atoms with van der Waals surface area (Å²) in [6.07, 6.45) is 5.46. The van der Waals surface area contributed by atoms with E-state index in [-0.39, 0.29) is 6.61 Å². The van der Waals surface area contributed by atoms with Gasteiger partial charge in [-0.05, 0) is 6.07 Å². The summed E-state index contributed by atoms with van der Waals surface area (Å²) < 4.78 is 1.73. The van der Waals surface area contributed by atoms with Crippen molar-refractivity contribution in [1.29, 1.82) is 0 Å². The van der Waals surface area contributed by atoms with Crippen LogP contribution in [0.5, 0.6) is 0 Å². The molecular weight excluding hydrogens is 206 g/mol. The van der Waals surface area contributed by atoms with Crippen molar-refractivity contribution < 1.29 is 5.11 Å². The van der Waals surface area contributed by atoms with Crippen molar-refractivity contribution in [3.8, 4) is 0 Å². The highest BCUT2D eigenvalue weighted by Crippen LogP contribution is 1.98. The monoisotopic (exact) mass is 221 g/mol. The Labute approximate surface area is 93.3 Å². The molecule has 2 aromatic rings. The highest BCUT2D eigenvalue weighted by atomic mass is 16.3. The second-order valence-electron chi connectivity index (χ2n) is 3.52. The molecule has 0 atom stereocenters. The van der Waals surface area contributed by atoms with Crippen molar-refractivity contribution in [1.82, 2.24) is 25.3 Å². The molecule has 0 amide bonds. The number of nitrogens with zero attached hydrogens (tertiary/aromatic N) is 3. The number of aliphatic hydroxyl groups excluding tert-OH is 1. The van der Waals surface area contributed by atoms with Crippen LogP contribution in [0, 0.1) is 0 Å². The second kappa shape index (κ2) is 5.43. The third kappa shape index (κ3) is 2.91. The van der Waals surface area contributed by atoms with Gasteiger partial charge in [-0.2, -0.15) is 10.2 Å². The van der Waals surface area contributed by atoms with Crippen molar-refractivity contribution >= 4 is 0 Å². The van der Waals surface area contributed by atoms with E-state index in [0.29, 0.717) is 6.54 Å². The summed E-state index contributed by atoms with van der Waals surface area (Å²) in [7, 11) is 0. The van der Waals surface area contributed by atoms with Crippen LogP contribution >= 0.6 is 0 Å². The summed E-state index contributed by atoms with van der Waals surface area (Å²) in [6, 6.07) is 1.93. The largest absolute Gasteiger partial charge is 0.394 e. The van der Waals surface area contributed by atoms with E-state index in [9.17, 15) is 0 Å². The first-order chi connectivity index (χ1) is 7.88. The number of nitrogens with one attached hydrogen (secondary N) is 2. The van der Waals surface area contributed by atoms with E-state index >= 15 is 0 Å². The van der Waals surface area contributed by atoms with Gasteiger partial charge in [0.25, 0.3) is 0 Å². The number of hydrogen-bond acceptors (Lipinski definition) is 4. The summed E-state index contributed by atoms with van der Waals surface area (Å²) in [6.45, 7) is 2.17. The second-order valence-corrected chi connectivity index (χ2v) is 3.52. The van der Waals surface area contributed by atoms with Crippen molar-refractivity contribution in [2.75, 3.05) is 6.61 Å². The van der Waals surface area contributed by atoms with Gasteiger partial charge in [-0.25, -0.2) is 0 Å². The van der Waals surface area contributed by atoms with Gasteiger partial charge in [0.2, 0.25) is 0 Å². The lowest BCUT2D eigenvalue weighted by atomic mass is 10.3. The fourth-order valence-electron chi connectivity index (χ4n) is 1.45. The van der Waals surface area contributed by atoms with E-state index in [1.54, 1.807) is 17.1 Å². The summed E-state index contributed by atoms with van der Waals surface area (Å²) in [5.41, 5.74) is 2.16. The van der Waals surface area contributed by atoms with Gasteiger partial charge in [0.05, 0.1) is 19.3 Å². The number of aliphatic hydroxyl groups is 1. The minimum absolute atomic E-state index is 0.114. The molecule has 0 aliphatic heterocycles. The molecule has 86 valence electrons. The first-order valence-corrected chi connectivity index (χ1v) is 5.19. The average Bonchev–Trinajstić information content (AvgIpc) is 2.90. The number of aromatic amines is 1. The van der Waals surface area contributed by atoms with Gasteiger partial charge in [0, 0.05) is 36.7 Å². The van der Waals surface area contributed by atoms with Crippen LogP contribution in [0.4, 0.5) is 0 Å². The molecule has 0 saturated carbocycles. The summed E-state index contributed by atoms with van der Waals surface area (Å²) in [5.74, 6) is 0. The Morgan fingerprint density at radius 2 is 2.38 bits per heavy atom. The standard InChI is InChI=1S/C10H15N5O/c16-4-3-15-8-9(6-13-15)5-11-7-10-1-2-12-14-10/h1-2,6,8,11,16H,3-5,7H2,(H,12,14). The van der Waals surface area contributed by atoms with Crippen LogP contribution in [0.2, 0.25) is 0 Å². The van der Waals surface area contributed by atoms with E-state index in [4.69, 9.17) is 5.11 Å². The number of rotatable bonds is 6. The minimum atomic E-state index is 0.114. The molecule has 0 fully saturated rings. The first kappa shape index (κ1) is 10.8. The first-order valence-electron chi connectivity index (χ1n) is 5.19. The number of hydrogen-bond donors (Lipinski definition) is 3. The average molecular weight is 221 g/mol. The van der Waals surface area contributed by atoms with E-state index in [0.717, 1.165) is 24.3 Å². The molecule has 2 heterocycles. The highest BCUT2D eigenvalue weighted by Gasteiger charge is 1.98. The Hall–Kier alpha value is -1.66. The van der Waals surface area contributed by atoms with Crippen molar-refractivity contribution in [2.45, 2.75) is 19.6 Å². The van der Waals surface area contributed by atoms with Crippen LogP contribution in [-0.2, 0) is 19.6 Å². The predicted molar refractivity (Wildman–Crippen MR) is 58.4 cm³/mol. The molecule has 0 aromatic carbocycles. The lowest BCUT2D eigenvalue weighted by Gasteiger charge is -2.00. The van der Waals surface area contributed by atoms with Crippen LogP contribution in [0.1, 0.15) is 11.3 Å². The third-order valence-electron chi connectivity index (χ3n) is 2.22. The smallest absolute Gasteiger partial charge is 0.0640 e. The molecule has 0 unspecified atom stereocenters. The summed E-state index contributed by atoms with van der Waals surface area (Å²) in [4.78, 5) is 0. The molecule has 2 rings (SSSR count). The Kier molecular flexibility index (Phi) is 3.68. The minimum Gasteiger partial charge on any atom is -0.394 e. The molecule has 0 saturated heterocycles. The maximum atomic E-state index is 8.74. The predicted octanol–water partition coefficient (Wildman–Crippen LogP) is -0.112. The van der Waals surface area contributed by atoms with E-state index in [1.807, 2.05) is 12.3 Å². The van der Waals surface area contributed by atoms with Crippen LogP contribution in [0.3, 0.4) is 0 Å². The molecule has 6 heteroatoms. The maximum Gasteiger partial charge on any atom is 0.0640 e. The fourth-order valence-corrected chi connectivity index (χ4v) is 1.45. The van der Waals surface area contributed by atoms with Gasteiger partial charge >= 0.3 is 0 Å². The highest BCUT2D eigenvalue weighted by molar-refractivity contribution is 5.04. The van der Waals surface area contributed by atoms with Gasteiger partial charge in [0.15, 0.2) is 0 Å². The Bertz CT molecular complexity index is 409. The molecule has 0 aliphatic rings. The van der Waals surface area contributed by atoms with Crippen LogP contribution in [-0.4, -0.2) is 31.7 Å². The lowest BCUT2D eigenvalue weighted by Crippen LogP contribution is -2.12. The molecule has 6 nitrogen and oxygen atoms in total. The van der Waals surface area contributed by atoms with Gasteiger partial charge in [-0.15, -0.1) is 0 Å². The zero-order valence-electron chi connectivity index (χ0n) is 8.93. The van der Waals surface area contributed by atoms with Gasteiger partial charge in [0.1, 0.15) is 0 Å². The molecule has 3 N–H and O–H groups in total. The Morgan fingerprint density at radius 3 is 3.12 bits per heavy atom. The van der Waals surface area contributed by atoms with Crippen LogP contribution < -0.4 is 5.32 Å². The normalized spacial score (nSPS) is 10.8. The molecule has 0 spiro atoms. The van der Waals surface area contributed by atoms with E-state index in [2.05, 4.69) is 20.6 Å². The van der Waals surface area contributed by atoms with E-state index < -0.39 is 0 Å². The molecule has 16 heavy (non-hydrogen) atoms. The van der Waals surface area contributed by atoms with Gasteiger partial charge in [-0.3, -0.25) is 9.78 Å². The van der Waals surface area contributed by atoms with E-state index in [1.165, 1.54) is 0 Å². The maximum absolute atomic E-state index is 8.74. The summed E-state index contributed by atoms with van der Waals surface area (Å²) >= 11 is 0. The number of aromatic nitrogens is 4. The van der Waals surface area contributed by atoms with Gasteiger partial charge < -0.3 is 10.4 Å². The third-order valence-corrected chi connectivity index (χ3v) is 2.22. The molecular formula is C10H15N5O. The zero-order valence-corrected chi connectivity index (χ0v) is 8.93. The Morgan fingerprint density at radius 1 is 1.44 bits per heavy atom. The Balaban J connectivity index is 1.76. The quantitative estimate of drug-likeness (QED) is 0.636. The van der Waals surface area contributed by atoms with Crippen molar-refractivity contribution in [3.05, 3.63) is 35.9 Å². The fraction of sp³-hybridized carbons (Fsp3) is 0.400. The lowest BCUT2D eigenvalue weighted by molar-refractivity contribution is 0.269. The molecule has 0 radical (unpaired) electrons. The van der Waals surface area contributed by atoms with Crippen molar-refractivity contribution in [3.63, 3.8) is 0 Å². The molecule has 0 bridgehead atoms. The van der Waals surface area contributed by atoms with Crippen LogP contribution in [0.15, 0.2) is 24.7 Å². The molecule has 0 aliphatic carbocycles. The topological polar surface area (TPSA) is 78.8 Å². The summed E-state index contributed by atoms with van der Waals surface area (Å²) in [5, 5.41) is 22.9. The molecule has 2 aromatic heterocycles. The number of H-pyrrole nitrogens is 1. The SMILES string of the molecule is OCCn1cc(CNCc2ccn[nH]2)cn1.